The number of amides is 2. The fraction of sp³-hybridized carbons (Fsp3) is 0.857. The molecule has 1 aliphatic heterocycles. The van der Waals surface area contributed by atoms with E-state index in [0.29, 0.717) is 12.3 Å². The van der Waals surface area contributed by atoms with Crippen molar-refractivity contribution in [3.8, 4) is 0 Å². The normalized spacial score (nSPS) is 18.2. The molecule has 1 fully saturated rings. The summed E-state index contributed by atoms with van der Waals surface area (Å²) in [6.07, 6.45) is 2.17. The van der Waals surface area contributed by atoms with Crippen LogP contribution in [0.1, 0.15) is 40.0 Å². The molecule has 1 aliphatic rings. The zero-order chi connectivity index (χ0) is 15.2. The van der Waals surface area contributed by atoms with E-state index in [9.17, 15) is 9.59 Å². The summed E-state index contributed by atoms with van der Waals surface area (Å²) in [6.45, 7) is 7.34. The first-order valence-corrected chi connectivity index (χ1v) is 7.23. The molecule has 0 saturated carbocycles. The van der Waals surface area contributed by atoms with E-state index in [1.54, 1.807) is 27.8 Å². The van der Waals surface area contributed by atoms with Gasteiger partial charge in [0.2, 0.25) is 5.91 Å². The Labute approximate surface area is 121 Å². The van der Waals surface area contributed by atoms with E-state index in [4.69, 9.17) is 4.74 Å². The van der Waals surface area contributed by atoms with E-state index < -0.39 is 17.7 Å². The highest BCUT2D eigenvalue weighted by molar-refractivity contribution is 5.85. The van der Waals surface area contributed by atoms with Crippen molar-refractivity contribution in [2.75, 3.05) is 20.1 Å². The largest absolute Gasteiger partial charge is 0.444 e. The van der Waals surface area contributed by atoms with Gasteiger partial charge in [0.15, 0.2) is 0 Å². The van der Waals surface area contributed by atoms with Crippen molar-refractivity contribution < 1.29 is 14.3 Å². The van der Waals surface area contributed by atoms with Gasteiger partial charge in [-0.15, -0.1) is 0 Å². The van der Waals surface area contributed by atoms with E-state index >= 15 is 0 Å². The van der Waals surface area contributed by atoms with Crippen LogP contribution < -0.4 is 16.0 Å². The molecule has 20 heavy (non-hydrogen) atoms. The predicted octanol–water partition coefficient (Wildman–Crippen LogP) is 1.02. The molecule has 1 heterocycles. The Bertz CT molecular complexity index is 333. The standard InChI is InChI=1S/C14H27N3O3/c1-14(2,3)20-13(19)17-11(12(18)15-4)9-10-5-7-16-8-6-10/h10-11,16H,5-9H2,1-4H3,(H,15,18)(H,17,19)/t11-/m0/s1. The number of hydrogen-bond donors (Lipinski definition) is 3. The Morgan fingerprint density at radius 1 is 1.30 bits per heavy atom. The van der Waals surface area contributed by atoms with Crippen LogP contribution in [0.3, 0.4) is 0 Å². The van der Waals surface area contributed by atoms with E-state index in [1.165, 1.54) is 0 Å². The highest BCUT2D eigenvalue weighted by atomic mass is 16.6. The van der Waals surface area contributed by atoms with Crippen LogP contribution in [-0.2, 0) is 9.53 Å². The minimum Gasteiger partial charge on any atom is -0.444 e. The second kappa shape index (κ2) is 7.47. The molecule has 0 aromatic carbocycles. The topological polar surface area (TPSA) is 79.5 Å². The summed E-state index contributed by atoms with van der Waals surface area (Å²) >= 11 is 0. The van der Waals surface area contributed by atoms with Crippen LogP contribution in [0.4, 0.5) is 4.79 Å². The minimum atomic E-state index is -0.563. The Balaban J connectivity index is 2.55. The lowest BCUT2D eigenvalue weighted by Gasteiger charge is -2.27. The fourth-order valence-corrected chi connectivity index (χ4v) is 2.31. The molecule has 0 bridgehead atoms. The Kier molecular flexibility index (Phi) is 6.26. The van der Waals surface area contributed by atoms with E-state index in [2.05, 4.69) is 16.0 Å². The van der Waals surface area contributed by atoms with Gasteiger partial charge in [-0.05, 0) is 59.0 Å². The summed E-state index contributed by atoms with van der Waals surface area (Å²) in [6, 6.07) is -0.530. The van der Waals surface area contributed by atoms with Crippen molar-refractivity contribution in [3.63, 3.8) is 0 Å². The lowest BCUT2D eigenvalue weighted by molar-refractivity contribution is -0.123. The molecule has 0 aromatic rings. The van der Waals surface area contributed by atoms with Crippen LogP contribution in [0, 0.1) is 5.92 Å². The Morgan fingerprint density at radius 2 is 1.90 bits per heavy atom. The summed E-state index contributed by atoms with van der Waals surface area (Å²) in [4.78, 5) is 23.7. The lowest BCUT2D eigenvalue weighted by atomic mass is 9.91. The van der Waals surface area contributed by atoms with Gasteiger partial charge in [0.25, 0.3) is 0 Å². The molecule has 116 valence electrons. The molecule has 0 aliphatic carbocycles. The summed E-state index contributed by atoms with van der Waals surface area (Å²) < 4.78 is 5.21. The summed E-state index contributed by atoms with van der Waals surface area (Å²) in [5.41, 5.74) is -0.563. The summed E-state index contributed by atoms with van der Waals surface area (Å²) in [5.74, 6) is 0.280. The third kappa shape index (κ3) is 6.23. The van der Waals surface area contributed by atoms with Gasteiger partial charge in [-0.25, -0.2) is 4.79 Å². The van der Waals surface area contributed by atoms with Crippen LogP contribution in [0.25, 0.3) is 0 Å². The van der Waals surface area contributed by atoms with Gasteiger partial charge in [-0.1, -0.05) is 0 Å². The maximum Gasteiger partial charge on any atom is 0.408 e. The summed E-state index contributed by atoms with van der Waals surface area (Å²) in [7, 11) is 1.58. The SMILES string of the molecule is CNC(=O)[C@H](CC1CCNCC1)NC(=O)OC(C)(C)C. The highest BCUT2D eigenvalue weighted by Gasteiger charge is 2.27. The number of piperidine rings is 1. The van der Waals surface area contributed by atoms with Gasteiger partial charge in [-0.2, -0.15) is 0 Å². The van der Waals surface area contributed by atoms with Crippen molar-refractivity contribution in [1.29, 1.82) is 0 Å². The van der Waals surface area contributed by atoms with Crippen molar-refractivity contribution in [2.24, 2.45) is 5.92 Å². The van der Waals surface area contributed by atoms with Gasteiger partial charge in [0.05, 0.1) is 0 Å². The molecule has 0 spiro atoms. The fourth-order valence-electron chi connectivity index (χ4n) is 2.31. The minimum absolute atomic E-state index is 0.172. The third-order valence-corrected chi connectivity index (χ3v) is 3.28. The molecule has 0 aromatic heterocycles. The molecule has 2 amide bonds. The van der Waals surface area contributed by atoms with Gasteiger partial charge in [0.1, 0.15) is 11.6 Å². The number of carbonyl (C=O) groups is 2. The zero-order valence-electron chi connectivity index (χ0n) is 12.9. The lowest BCUT2D eigenvalue weighted by Crippen LogP contribution is -2.48. The van der Waals surface area contributed by atoms with Crippen molar-refractivity contribution in [3.05, 3.63) is 0 Å². The maximum absolute atomic E-state index is 11.9. The molecule has 1 atom stereocenters. The third-order valence-electron chi connectivity index (χ3n) is 3.28. The van der Waals surface area contributed by atoms with Crippen LogP contribution >= 0.6 is 0 Å². The molecule has 6 heteroatoms. The van der Waals surface area contributed by atoms with Crippen LogP contribution in [0.5, 0.6) is 0 Å². The number of alkyl carbamates (subject to hydrolysis) is 1. The molecule has 6 nitrogen and oxygen atoms in total. The Morgan fingerprint density at radius 3 is 2.40 bits per heavy atom. The first-order chi connectivity index (χ1) is 9.31. The first-order valence-electron chi connectivity index (χ1n) is 7.23. The number of rotatable bonds is 4. The zero-order valence-corrected chi connectivity index (χ0v) is 12.9. The van der Waals surface area contributed by atoms with Crippen LogP contribution in [0.15, 0.2) is 0 Å². The smallest absolute Gasteiger partial charge is 0.408 e. The number of hydrogen-bond acceptors (Lipinski definition) is 4. The number of carbonyl (C=O) groups excluding carboxylic acids is 2. The number of nitrogens with one attached hydrogen (secondary N) is 3. The molecule has 3 N–H and O–H groups in total. The number of ether oxygens (including phenoxy) is 1. The van der Waals surface area contributed by atoms with Gasteiger partial charge >= 0.3 is 6.09 Å². The Hall–Kier alpha value is -1.30. The van der Waals surface area contributed by atoms with Crippen LogP contribution in [-0.4, -0.2) is 43.8 Å². The second-order valence-electron chi connectivity index (χ2n) is 6.24. The van der Waals surface area contributed by atoms with Gasteiger partial charge in [-0.3, -0.25) is 4.79 Å². The number of likely N-dealkylation sites (N-methyl/N-ethyl adjacent to an activating group) is 1. The maximum atomic E-state index is 11.9. The molecular weight excluding hydrogens is 258 g/mol. The quantitative estimate of drug-likeness (QED) is 0.720. The summed E-state index contributed by atoms with van der Waals surface area (Å²) in [5, 5.41) is 8.57. The molecule has 1 saturated heterocycles. The molecule has 1 rings (SSSR count). The van der Waals surface area contributed by atoms with Crippen molar-refractivity contribution in [2.45, 2.75) is 51.7 Å². The van der Waals surface area contributed by atoms with E-state index in [-0.39, 0.29) is 5.91 Å². The molecule has 0 radical (unpaired) electrons. The van der Waals surface area contributed by atoms with E-state index in [0.717, 1.165) is 25.9 Å². The van der Waals surface area contributed by atoms with E-state index in [1.807, 2.05) is 0 Å². The van der Waals surface area contributed by atoms with Gasteiger partial charge < -0.3 is 20.7 Å². The first kappa shape index (κ1) is 16.8. The average Bonchev–Trinajstić information content (AvgIpc) is 2.36. The van der Waals surface area contributed by atoms with Gasteiger partial charge in [0, 0.05) is 7.05 Å². The van der Waals surface area contributed by atoms with Crippen LogP contribution in [0.2, 0.25) is 0 Å². The monoisotopic (exact) mass is 285 g/mol. The molecule has 0 unspecified atom stereocenters. The predicted molar refractivity (Wildman–Crippen MR) is 77.4 cm³/mol. The average molecular weight is 285 g/mol. The van der Waals surface area contributed by atoms with Crippen molar-refractivity contribution in [1.82, 2.24) is 16.0 Å². The van der Waals surface area contributed by atoms with Crippen molar-refractivity contribution >= 4 is 12.0 Å². The highest BCUT2D eigenvalue weighted by Crippen LogP contribution is 2.18. The molecular formula is C14H27N3O3. The second-order valence-corrected chi connectivity index (χ2v) is 6.24.